The van der Waals surface area contributed by atoms with Crippen molar-refractivity contribution in [3.63, 3.8) is 0 Å². The first kappa shape index (κ1) is 23.5. The molecule has 2 aromatic rings. The van der Waals surface area contributed by atoms with E-state index in [1.165, 1.54) is 31.7 Å². The number of anilines is 1. The molecule has 0 bridgehead atoms. The van der Waals surface area contributed by atoms with Gasteiger partial charge in [-0.05, 0) is 31.2 Å². The summed E-state index contributed by atoms with van der Waals surface area (Å²) in [7, 11) is 0. The predicted molar refractivity (Wildman–Crippen MR) is 115 cm³/mol. The number of ether oxygens (including phenoxy) is 1. The number of pyridine rings is 1. The molecule has 2 aromatic heterocycles. The Balaban J connectivity index is 0.000000194. The predicted octanol–water partition coefficient (Wildman–Crippen LogP) is 4.70. The van der Waals surface area contributed by atoms with Crippen molar-refractivity contribution < 1.29 is 17.9 Å². The zero-order valence-corrected chi connectivity index (χ0v) is 18.4. The average molecular weight is 440 g/mol. The van der Waals surface area contributed by atoms with Gasteiger partial charge in [-0.1, -0.05) is 20.8 Å². The number of hydrogen-bond donors (Lipinski definition) is 2. The molecule has 9 heteroatoms. The Morgan fingerprint density at radius 1 is 1.16 bits per heavy atom. The third kappa shape index (κ3) is 6.20. The highest BCUT2D eigenvalue weighted by Crippen LogP contribution is 2.35. The molecule has 0 amide bonds. The van der Waals surface area contributed by atoms with E-state index in [4.69, 9.17) is 10.5 Å². The van der Waals surface area contributed by atoms with Crippen LogP contribution in [0.4, 0.5) is 19.0 Å². The zero-order valence-electron chi connectivity index (χ0n) is 18.4. The molecule has 2 atom stereocenters. The smallest absolute Gasteiger partial charge is 0.383 e. The lowest BCUT2D eigenvalue weighted by molar-refractivity contribution is -0.137. The fourth-order valence-electron chi connectivity index (χ4n) is 4.08. The maximum Gasteiger partial charge on any atom is 0.419 e. The monoisotopic (exact) mass is 439 g/mol. The molecule has 0 spiro atoms. The van der Waals surface area contributed by atoms with E-state index in [9.17, 15) is 13.2 Å². The van der Waals surface area contributed by atoms with Gasteiger partial charge in [-0.3, -0.25) is 4.90 Å². The Morgan fingerprint density at radius 2 is 1.87 bits per heavy atom. The lowest BCUT2D eigenvalue weighted by atomic mass is 10.1. The molecule has 31 heavy (non-hydrogen) atoms. The van der Waals surface area contributed by atoms with Gasteiger partial charge in [0.05, 0.1) is 30.7 Å². The number of alkyl halides is 3. The molecule has 6 nitrogen and oxygen atoms in total. The SMILES string of the molecule is CC(C)c1ncc(-c2cnc(N)c(C(F)(F)F)c2)[nH]1.C[C@@H]1CCC(N2CCOCC2)C1. The molecule has 1 saturated carbocycles. The molecular formula is C22H32F3N5O. The molecule has 1 saturated heterocycles. The summed E-state index contributed by atoms with van der Waals surface area (Å²) in [6.07, 6.45) is 2.53. The fraction of sp³-hybridized carbons (Fsp3) is 0.636. The van der Waals surface area contributed by atoms with E-state index in [0.717, 1.165) is 44.3 Å². The van der Waals surface area contributed by atoms with Crippen molar-refractivity contribution in [2.45, 2.75) is 58.2 Å². The van der Waals surface area contributed by atoms with Crippen molar-refractivity contribution in [2.24, 2.45) is 5.92 Å². The Kier molecular flexibility index (Phi) is 7.59. The van der Waals surface area contributed by atoms with E-state index in [-0.39, 0.29) is 5.92 Å². The average Bonchev–Trinajstić information content (AvgIpc) is 3.38. The van der Waals surface area contributed by atoms with E-state index in [1.807, 2.05) is 13.8 Å². The number of nitrogens with two attached hydrogens (primary N) is 1. The highest BCUT2D eigenvalue weighted by molar-refractivity contribution is 5.61. The van der Waals surface area contributed by atoms with Crippen LogP contribution in [0.15, 0.2) is 18.5 Å². The van der Waals surface area contributed by atoms with Crippen molar-refractivity contribution >= 4 is 5.82 Å². The lowest BCUT2D eigenvalue weighted by Gasteiger charge is -2.32. The third-order valence-corrected chi connectivity index (χ3v) is 5.91. The second kappa shape index (κ2) is 9.99. The lowest BCUT2D eigenvalue weighted by Crippen LogP contribution is -2.42. The van der Waals surface area contributed by atoms with Crippen molar-refractivity contribution in [3.05, 3.63) is 29.8 Å². The first-order valence-corrected chi connectivity index (χ1v) is 10.8. The van der Waals surface area contributed by atoms with Gasteiger partial charge >= 0.3 is 6.18 Å². The normalized spacial score (nSPS) is 22.4. The van der Waals surface area contributed by atoms with Crippen molar-refractivity contribution in [3.8, 4) is 11.3 Å². The minimum Gasteiger partial charge on any atom is -0.383 e. The van der Waals surface area contributed by atoms with Gasteiger partial charge in [0.25, 0.3) is 0 Å². The number of imidazole rings is 1. The van der Waals surface area contributed by atoms with Crippen LogP contribution in [0.25, 0.3) is 11.3 Å². The van der Waals surface area contributed by atoms with Gasteiger partial charge in [0.2, 0.25) is 0 Å². The molecule has 0 radical (unpaired) electrons. The highest BCUT2D eigenvalue weighted by atomic mass is 19.4. The third-order valence-electron chi connectivity index (χ3n) is 5.91. The van der Waals surface area contributed by atoms with E-state index < -0.39 is 17.6 Å². The largest absolute Gasteiger partial charge is 0.419 e. The Morgan fingerprint density at radius 3 is 2.42 bits per heavy atom. The summed E-state index contributed by atoms with van der Waals surface area (Å²) in [5.74, 6) is 1.30. The maximum atomic E-state index is 12.7. The molecule has 2 aliphatic rings. The standard InChI is InChI=1S/C12H13F3N4.C10H19NO/c1-6(2)11-18-5-9(19-11)7-3-8(12(13,14)15)10(16)17-4-7;1-9-2-3-10(8-9)11-4-6-12-7-5-11/h3-6H,1-2H3,(H2,16,17)(H,18,19);9-10H,2-8H2,1H3/t;9-,10?/m.1/s1. The first-order valence-electron chi connectivity index (χ1n) is 10.8. The molecule has 1 aliphatic heterocycles. The number of rotatable bonds is 3. The van der Waals surface area contributed by atoms with Gasteiger partial charge in [0.15, 0.2) is 0 Å². The Bertz CT molecular complexity index is 843. The van der Waals surface area contributed by atoms with Crippen LogP contribution in [-0.2, 0) is 10.9 Å². The summed E-state index contributed by atoms with van der Waals surface area (Å²) in [4.78, 5) is 13.3. The van der Waals surface area contributed by atoms with Gasteiger partial charge in [-0.25, -0.2) is 9.97 Å². The number of halogens is 3. The molecule has 4 rings (SSSR count). The quantitative estimate of drug-likeness (QED) is 0.724. The van der Waals surface area contributed by atoms with Crippen molar-refractivity contribution in [1.29, 1.82) is 0 Å². The van der Waals surface area contributed by atoms with Gasteiger partial charge in [0, 0.05) is 36.8 Å². The number of aromatic nitrogens is 3. The molecule has 1 aliphatic carbocycles. The number of H-pyrrole nitrogens is 1. The molecule has 0 aromatic carbocycles. The van der Waals surface area contributed by atoms with Gasteiger partial charge in [0.1, 0.15) is 11.6 Å². The number of nitrogen functional groups attached to an aromatic ring is 1. The molecule has 2 fully saturated rings. The van der Waals surface area contributed by atoms with Crippen LogP contribution in [0.5, 0.6) is 0 Å². The Hall–Kier alpha value is -2.13. The van der Waals surface area contributed by atoms with Crippen molar-refractivity contribution in [1.82, 2.24) is 19.9 Å². The second-order valence-corrected chi connectivity index (χ2v) is 8.71. The van der Waals surface area contributed by atoms with E-state index in [1.54, 1.807) is 0 Å². The summed E-state index contributed by atoms with van der Waals surface area (Å²) >= 11 is 0. The van der Waals surface area contributed by atoms with Crippen LogP contribution >= 0.6 is 0 Å². The number of nitrogens with one attached hydrogen (secondary N) is 1. The van der Waals surface area contributed by atoms with Crippen molar-refractivity contribution in [2.75, 3.05) is 32.0 Å². The molecular weight excluding hydrogens is 407 g/mol. The molecule has 1 unspecified atom stereocenters. The molecule has 172 valence electrons. The zero-order chi connectivity index (χ0) is 22.6. The van der Waals surface area contributed by atoms with E-state index >= 15 is 0 Å². The number of aromatic amines is 1. The van der Waals surface area contributed by atoms with Crippen LogP contribution < -0.4 is 5.73 Å². The summed E-state index contributed by atoms with van der Waals surface area (Å²) in [6.45, 7) is 10.5. The van der Waals surface area contributed by atoms with Gasteiger partial charge < -0.3 is 15.5 Å². The molecule has 3 heterocycles. The summed E-state index contributed by atoms with van der Waals surface area (Å²) in [5.41, 5.74) is 5.11. The minimum absolute atomic E-state index is 0.164. The van der Waals surface area contributed by atoms with E-state index in [2.05, 4.69) is 26.8 Å². The summed E-state index contributed by atoms with van der Waals surface area (Å²) < 4.78 is 43.5. The number of morpholine rings is 1. The second-order valence-electron chi connectivity index (χ2n) is 8.71. The first-order chi connectivity index (χ1) is 14.6. The molecule has 3 N–H and O–H groups in total. The maximum absolute atomic E-state index is 12.7. The van der Waals surface area contributed by atoms with Crippen LogP contribution in [0, 0.1) is 5.92 Å². The fourth-order valence-corrected chi connectivity index (χ4v) is 4.08. The number of nitrogens with zero attached hydrogens (tertiary/aromatic N) is 3. The van der Waals surface area contributed by atoms with Crippen LogP contribution in [0.3, 0.4) is 0 Å². The Labute approximate surface area is 181 Å². The number of hydrogen-bond acceptors (Lipinski definition) is 5. The van der Waals surface area contributed by atoms with Crippen LogP contribution in [0.2, 0.25) is 0 Å². The van der Waals surface area contributed by atoms with Crippen LogP contribution in [-0.4, -0.2) is 52.2 Å². The summed E-state index contributed by atoms with van der Waals surface area (Å²) in [6, 6.07) is 1.85. The van der Waals surface area contributed by atoms with Gasteiger partial charge in [-0.2, -0.15) is 13.2 Å². The topological polar surface area (TPSA) is 80.1 Å². The highest BCUT2D eigenvalue weighted by Gasteiger charge is 2.34. The van der Waals surface area contributed by atoms with Gasteiger partial charge in [-0.15, -0.1) is 0 Å². The van der Waals surface area contributed by atoms with Crippen LogP contribution in [0.1, 0.15) is 57.3 Å². The van der Waals surface area contributed by atoms with E-state index in [0.29, 0.717) is 17.1 Å². The minimum atomic E-state index is -4.52. The summed E-state index contributed by atoms with van der Waals surface area (Å²) in [5, 5.41) is 0.